The monoisotopic (exact) mass is 254 g/mol. The van der Waals surface area contributed by atoms with Gasteiger partial charge in [-0.3, -0.25) is 4.79 Å². The quantitative estimate of drug-likeness (QED) is 0.875. The summed E-state index contributed by atoms with van der Waals surface area (Å²) in [6.45, 7) is -0.605. The van der Waals surface area contributed by atoms with Gasteiger partial charge in [0.1, 0.15) is 0 Å². The van der Waals surface area contributed by atoms with Crippen molar-refractivity contribution in [3.8, 4) is 0 Å². The third kappa shape index (κ3) is 2.00. The molecule has 0 spiro atoms. The van der Waals surface area contributed by atoms with Crippen molar-refractivity contribution in [3.05, 3.63) is 35.4 Å². The minimum Gasteiger partial charge on any atom is -0.394 e. The van der Waals surface area contributed by atoms with Crippen LogP contribution in [0.2, 0.25) is 0 Å². The minimum absolute atomic E-state index is 0.114. The van der Waals surface area contributed by atoms with Crippen molar-refractivity contribution in [2.45, 2.75) is 6.04 Å². The van der Waals surface area contributed by atoms with Crippen molar-refractivity contribution >= 4 is 18.2 Å². The van der Waals surface area contributed by atoms with Crippen LogP contribution < -0.4 is 0 Å². The van der Waals surface area contributed by atoms with Crippen LogP contribution in [-0.4, -0.2) is 34.8 Å². The molecule has 1 aliphatic heterocycles. The summed E-state index contributed by atoms with van der Waals surface area (Å²) >= 11 is 0. The third-order valence-electron chi connectivity index (χ3n) is 2.54. The second-order valence-electron chi connectivity index (χ2n) is 3.62. The first kappa shape index (κ1) is 12.3. The van der Waals surface area contributed by atoms with Gasteiger partial charge in [-0.1, -0.05) is 6.07 Å². The molecule has 2 rings (SSSR count). The van der Waals surface area contributed by atoms with E-state index in [1.165, 1.54) is 6.07 Å². The fourth-order valence-corrected chi connectivity index (χ4v) is 1.67. The highest BCUT2D eigenvalue weighted by atomic mass is 19.2. The maximum absolute atomic E-state index is 13.1. The van der Waals surface area contributed by atoms with Gasteiger partial charge in [-0.2, -0.15) is 4.99 Å². The number of carbonyl (C=O) groups is 2. The Morgan fingerprint density at radius 2 is 2.00 bits per heavy atom. The predicted octanol–water partition coefficient (Wildman–Crippen LogP) is 1.03. The molecule has 1 aliphatic rings. The molecular formula is C11H8F2N2O3. The van der Waals surface area contributed by atoms with Crippen LogP contribution in [0.1, 0.15) is 11.6 Å². The van der Waals surface area contributed by atoms with Crippen LogP contribution in [0.3, 0.4) is 0 Å². The lowest BCUT2D eigenvalue weighted by atomic mass is 10.1. The molecule has 0 saturated carbocycles. The van der Waals surface area contributed by atoms with E-state index in [2.05, 4.69) is 4.99 Å². The van der Waals surface area contributed by atoms with Gasteiger partial charge in [0, 0.05) is 0 Å². The Morgan fingerprint density at radius 3 is 2.50 bits per heavy atom. The number of aliphatic hydroxyl groups is 1. The number of carbonyl (C=O) groups excluding carboxylic acids is 2. The molecule has 0 radical (unpaired) electrons. The number of halogens is 2. The zero-order valence-corrected chi connectivity index (χ0v) is 9.01. The van der Waals surface area contributed by atoms with Crippen molar-refractivity contribution in [1.82, 2.24) is 4.90 Å². The van der Waals surface area contributed by atoms with Crippen LogP contribution in [0.15, 0.2) is 23.2 Å². The Bertz CT molecular complexity index is 527. The molecule has 1 atom stereocenters. The second-order valence-corrected chi connectivity index (χ2v) is 3.62. The first-order chi connectivity index (χ1) is 8.54. The Labute approximate surface area is 100 Å². The molecule has 18 heavy (non-hydrogen) atoms. The SMILES string of the molecule is O=C1C=NC(=O)N1C(CO)c1ccc(F)c(F)c1. The molecule has 0 fully saturated rings. The van der Waals surface area contributed by atoms with Gasteiger partial charge >= 0.3 is 6.03 Å². The number of nitrogens with zero attached hydrogens (tertiary/aromatic N) is 2. The summed E-state index contributed by atoms with van der Waals surface area (Å²) in [6.07, 6.45) is 0.810. The Hall–Kier alpha value is -2.15. The normalized spacial score (nSPS) is 16.5. The summed E-state index contributed by atoms with van der Waals surface area (Å²) in [4.78, 5) is 26.7. The average molecular weight is 254 g/mol. The maximum atomic E-state index is 13.1. The van der Waals surface area contributed by atoms with Crippen LogP contribution in [0.4, 0.5) is 13.6 Å². The van der Waals surface area contributed by atoms with Crippen LogP contribution in [0, 0.1) is 11.6 Å². The van der Waals surface area contributed by atoms with Gasteiger partial charge in [0.15, 0.2) is 11.6 Å². The number of hydrogen-bond donors (Lipinski definition) is 1. The largest absolute Gasteiger partial charge is 0.394 e. The van der Waals surface area contributed by atoms with Gasteiger partial charge < -0.3 is 5.11 Å². The summed E-state index contributed by atoms with van der Waals surface area (Å²) in [7, 11) is 0. The molecule has 1 unspecified atom stereocenters. The van der Waals surface area contributed by atoms with E-state index in [4.69, 9.17) is 0 Å². The summed E-state index contributed by atoms with van der Waals surface area (Å²) < 4.78 is 25.9. The fraction of sp³-hybridized carbons (Fsp3) is 0.182. The van der Waals surface area contributed by atoms with E-state index in [9.17, 15) is 23.5 Å². The molecule has 94 valence electrons. The van der Waals surface area contributed by atoms with E-state index in [0.29, 0.717) is 4.90 Å². The first-order valence-corrected chi connectivity index (χ1v) is 5.01. The smallest absolute Gasteiger partial charge is 0.351 e. The predicted molar refractivity (Wildman–Crippen MR) is 56.9 cm³/mol. The molecule has 5 nitrogen and oxygen atoms in total. The summed E-state index contributed by atoms with van der Waals surface area (Å²) in [6, 6.07) is 0.957. The highest BCUT2D eigenvalue weighted by molar-refractivity contribution is 6.35. The Kier molecular flexibility index (Phi) is 3.15. The number of rotatable bonds is 3. The molecule has 0 saturated heterocycles. The Balaban J connectivity index is 2.36. The van der Waals surface area contributed by atoms with Gasteiger partial charge in [0.25, 0.3) is 5.91 Å². The lowest BCUT2D eigenvalue weighted by molar-refractivity contribution is -0.122. The number of amides is 3. The van der Waals surface area contributed by atoms with E-state index in [-0.39, 0.29) is 5.56 Å². The second kappa shape index (κ2) is 4.61. The van der Waals surface area contributed by atoms with Crippen LogP contribution in [0.25, 0.3) is 0 Å². The first-order valence-electron chi connectivity index (χ1n) is 5.01. The number of benzene rings is 1. The van der Waals surface area contributed by atoms with E-state index in [1.807, 2.05) is 0 Å². The van der Waals surface area contributed by atoms with Crippen LogP contribution in [-0.2, 0) is 4.79 Å². The van der Waals surface area contributed by atoms with Gasteiger partial charge in [0.05, 0.1) is 18.9 Å². The number of urea groups is 1. The zero-order chi connectivity index (χ0) is 13.3. The average Bonchev–Trinajstić information content (AvgIpc) is 2.66. The number of aliphatic imine (C=N–C) groups is 1. The van der Waals surface area contributed by atoms with Crippen molar-refractivity contribution < 1.29 is 23.5 Å². The molecular weight excluding hydrogens is 246 g/mol. The van der Waals surface area contributed by atoms with Gasteiger partial charge in [-0.25, -0.2) is 18.5 Å². The lowest BCUT2D eigenvalue weighted by Gasteiger charge is -2.23. The standard InChI is InChI=1S/C11H8F2N2O3/c12-7-2-1-6(3-8(7)13)9(5-16)15-10(17)4-14-11(15)18/h1-4,9,16H,5H2. The summed E-state index contributed by atoms with van der Waals surface area (Å²) in [5.41, 5.74) is 0.114. The molecule has 0 bridgehead atoms. The lowest BCUT2D eigenvalue weighted by Crippen LogP contribution is -2.36. The molecule has 1 N–H and O–H groups in total. The van der Waals surface area contributed by atoms with Crippen molar-refractivity contribution in [2.75, 3.05) is 6.61 Å². The molecule has 0 aromatic heterocycles. The van der Waals surface area contributed by atoms with Gasteiger partial charge in [-0.15, -0.1) is 0 Å². The van der Waals surface area contributed by atoms with E-state index in [1.54, 1.807) is 0 Å². The number of aliphatic hydroxyl groups excluding tert-OH is 1. The topological polar surface area (TPSA) is 70.0 Å². The van der Waals surface area contributed by atoms with Crippen LogP contribution >= 0.6 is 0 Å². The summed E-state index contributed by atoms with van der Waals surface area (Å²) in [5.74, 6) is -2.87. The van der Waals surface area contributed by atoms with E-state index in [0.717, 1.165) is 18.3 Å². The van der Waals surface area contributed by atoms with Crippen molar-refractivity contribution in [1.29, 1.82) is 0 Å². The number of imide groups is 1. The van der Waals surface area contributed by atoms with E-state index < -0.39 is 36.2 Å². The molecule has 1 aromatic rings. The number of hydrogen-bond acceptors (Lipinski definition) is 3. The Morgan fingerprint density at radius 1 is 1.28 bits per heavy atom. The molecule has 3 amide bonds. The van der Waals surface area contributed by atoms with E-state index >= 15 is 0 Å². The van der Waals surface area contributed by atoms with Crippen LogP contribution in [0.5, 0.6) is 0 Å². The highest BCUT2D eigenvalue weighted by Gasteiger charge is 2.33. The van der Waals surface area contributed by atoms with Crippen molar-refractivity contribution in [3.63, 3.8) is 0 Å². The van der Waals surface area contributed by atoms with Gasteiger partial charge in [-0.05, 0) is 17.7 Å². The van der Waals surface area contributed by atoms with Gasteiger partial charge in [0.2, 0.25) is 0 Å². The molecule has 1 aromatic carbocycles. The third-order valence-corrected chi connectivity index (χ3v) is 2.54. The molecule has 0 aliphatic carbocycles. The fourth-order valence-electron chi connectivity index (χ4n) is 1.67. The highest BCUT2D eigenvalue weighted by Crippen LogP contribution is 2.24. The summed E-state index contributed by atoms with van der Waals surface area (Å²) in [5, 5.41) is 9.22. The minimum atomic E-state index is -1.12. The molecule has 1 heterocycles. The maximum Gasteiger partial charge on any atom is 0.351 e. The zero-order valence-electron chi connectivity index (χ0n) is 9.01. The van der Waals surface area contributed by atoms with Crippen molar-refractivity contribution in [2.24, 2.45) is 4.99 Å². The molecule has 7 heteroatoms.